The summed E-state index contributed by atoms with van der Waals surface area (Å²) >= 11 is 11.4. The van der Waals surface area contributed by atoms with Crippen molar-refractivity contribution in [2.24, 2.45) is 0 Å². The van der Waals surface area contributed by atoms with Gasteiger partial charge in [-0.05, 0) is 25.1 Å². The fourth-order valence-corrected chi connectivity index (χ4v) is 1.14. The Morgan fingerprint density at radius 1 is 1.38 bits per heavy atom. The molecule has 0 aromatic heterocycles. The zero-order chi connectivity index (χ0) is 9.84. The second-order valence-corrected chi connectivity index (χ2v) is 3.16. The third-order valence-corrected chi connectivity index (χ3v) is 2.17. The first-order valence-corrected chi connectivity index (χ1v) is 4.53. The number of hydrogen-bond donors (Lipinski definition) is 0. The van der Waals surface area contributed by atoms with E-state index < -0.39 is 0 Å². The summed E-state index contributed by atoms with van der Waals surface area (Å²) in [6, 6.07) is 4.63. The minimum atomic E-state index is -0.388. The maximum Gasteiger partial charge on any atom is 0.338 e. The van der Waals surface area contributed by atoms with E-state index in [2.05, 4.69) is 0 Å². The van der Waals surface area contributed by atoms with E-state index in [9.17, 15) is 4.79 Å². The number of hydrogen-bond acceptors (Lipinski definition) is 2. The highest BCUT2D eigenvalue weighted by Gasteiger charge is 2.07. The quantitative estimate of drug-likeness (QED) is 0.714. The summed E-state index contributed by atoms with van der Waals surface area (Å²) in [6.07, 6.45) is 0. The fourth-order valence-electron chi connectivity index (χ4n) is 0.838. The Morgan fingerprint density at radius 2 is 2.08 bits per heavy atom. The fraction of sp³-hybridized carbons (Fsp3) is 0.222. The lowest BCUT2D eigenvalue weighted by Crippen LogP contribution is -2.04. The van der Waals surface area contributed by atoms with Crippen LogP contribution in [0.4, 0.5) is 0 Å². The molecule has 0 atom stereocenters. The highest BCUT2D eigenvalue weighted by molar-refractivity contribution is 6.42. The molecule has 1 aromatic carbocycles. The number of ether oxygens (including phenoxy) is 1. The lowest BCUT2D eigenvalue weighted by molar-refractivity contribution is 0.0526. The van der Waals surface area contributed by atoms with Crippen LogP contribution in [-0.4, -0.2) is 12.6 Å². The van der Waals surface area contributed by atoms with E-state index in [-0.39, 0.29) is 5.97 Å². The molecule has 13 heavy (non-hydrogen) atoms. The molecule has 0 aliphatic carbocycles. The van der Waals surface area contributed by atoms with Crippen LogP contribution >= 0.6 is 23.2 Å². The van der Waals surface area contributed by atoms with Gasteiger partial charge in [0.1, 0.15) is 0 Å². The van der Waals surface area contributed by atoms with Crippen molar-refractivity contribution < 1.29 is 9.53 Å². The molecule has 70 valence electrons. The third-order valence-electron chi connectivity index (χ3n) is 1.43. The Bertz CT molecular complexity index is 323. The summed E-state index contributed by atoms with van der Waals surface area (Å²) in [5, 5.41) is 0.780. The number of carbonyl (C=O) groups is 1. The van der Waals surface area contributed by atoms with E-state index in [1.807, 2.05) is 0 Å². The molecular formula is C9H8Cl2O2. The Hall–Kier alpha value is -0.730. The second-order valence-electron chi connectivity index (χ2n) is 2.35. The maximum absolute atomic E-state index is 11.2. The van der Waals surface area contributed by atoms with E-state index >= 15 is 0 Å². The molecule has 0 N–H and O–H groups in total. The van der Waals surface area contributed by atoms with Gasteiger partial charge < -0.3 is 4.74 Å². The Labute approximate surface area is 86.4 Å². The molecule has 0 saturated carbocycles. The van der Waals surface area contributed by atoms with Gasteiger partial charge in [-0.15, -0.1) is 0 Å². The van der Waals surface area contributed by atoms with Gasteiger partial charge in [0.15, 0.2) is 0 Å². The Morgan fingerprint density at radius 3 is 2.62 bits per heavy atom. The molecule has 0 spiro atoms. The number of rotatable bonds is 2. The molecule has 0 heterocycles. The SMILES string of the molecule is CCOC(=O)c1ccc(Cl)c(Cl)c1. The van der Waals surface area contributed by atoms with Gasteiger partial charge in [0.05, 0.1) is 22.2 Å². The summed E-state index contributed by atoms with van der Waals surface area (Å²) in [7, 11) is 0. The minimum Gasteiger partial charge on any atom is -0.462 e. The number of benzene rings is 1. The monoisotopic (exact) mass is 218 g/mol. The van der Waals surface area contributed by atoms with Crippen LogP contribution in [0.3, 0.4) is 0 Å². The van der Waals surface area contributed by atoms with Crippen molar-refractivity contribution in [3.8, 4) is 0 Å². The van der Waals surface area contributed by atoms with Crippen LogP contribution in [0, 0.1) is 0 Å². The molecule has 1 aromatic rings. The van der Waals surface area contributed by atoms with Crippen molar-refractivity contribution in [3.05, 3.63) is 33.8 Å². The van der Waals surface area contributed by atoms with E-state index in [0.29, 0.717) is 22.2 Å². The second kappa shape index (κ2) is 4.49. The van der Waals surface area contributed by atoms with E-state index in [1.54, 1.807) is 19.1 Å². The van der Waals surface area contributed by atoms with Gasteiger partial charge in [-0.1, -0.05) is 23.2 Å². The van der Waals surface area contributed by atoms with Crippen LogP contribution in [0.5, 0.6) is 0 Å². The van der Waals surface area contributed by atoms with Crippen molar-refractivity contribution in [2.75, 3.05) is 6.61 Å². The summed E-state index contributed by atoms with van der Waals surface area (Å²) in [5.74, 6) is -0.388. The normalized spacial score (nSPS) is 9.77. The van der Waals surface area contributed by atoms with Crippen molar-refractivity contribution in [1.82, 2.24) is 0 Å². The lowest BCUT2D eigenvalue weighted by atomic mass is 10.2. The van der Waals surface area contributed by atoms with Crippen LogP contribution in [-0.2, 0) is 4.74 Å². The first-order chi connectivity index (χ1) is 6.15. The topological polar surface area (TPSA) is 26.3 Å². The van der Waals surface area contributed by atoms with Crippen LogP contribution in [0.15, 0.2) is 18.2 Å². The molecule has 1 rings (SSSR count). The largest absolute Gasteiger partial charge is 0.462 e. The minimum absolute atomic E-state index is 0.346. The summed E-state index contributed by atoms with van der Waals surface area (Å²) < 4.78 is 4.78. The smallest absolute Gasteiger partial charge is 0.338 e. The molecule has 0 radical (unpaired) electrons. The van der Waals surface area contributed by atoms with Crippen LogP contribution in [0.2, 0.25) is 10.0 Å². The zero-order valence-corrected chi connectivity index (χ0v) is 8.52. The number of esters is 1. The molecule has 0 amide bonds. The lowest BCUT2D eigenvalue weighted by Gasteiger charge is -2.02. The first-order valence-electron chi connectivity index (χ1n) is 3.77. The molecule has 0 fully saturated rings. The molecule has 0 unspecified atom stereocenters. The van der Waals surface area contributed by atoms with Crippen molar-refractivity contribution in [3.63, 3.8) is 0 Å². The zero-order valence-electron chi connectivity index (χ0n) is 7.01. The molecule has 2 nitrogen and oxygen atoms in total. The number of halogens is 2. The van der Waals surface area contributed by atoms with Crippen LogP contribution < -0.4 is 0 Å². The predicted molar refractivity (Wildman–Crippen MR) is 52.4 cm³/mol. The Kier molecular flexibility index (Phi) is 3.58. The summed E-state index contributed by atoms with van der Waals surface area (Å²) in [4.78, 5) is 11.2. The van der Waals surface area contributed by atoms with Gasteiger partial charge in [0, 0.05) is 0 Å². The molecule has 4 heteroatoms. The summed E-state index contributed by atoms with van der Waals surface area (Å²) in [5.41, 5.74) is 0.413. The van der Waals surface area contributed by atoms with Gasteiger partial charge in [-0.3, -0.25) is 0 Å². The molecular weight excluding hydrogens is 211 g/mol. The van der Waals surface area contributed by atoms with Crippen LogP contribution in [0.1, 0.15) is 17.3 Å². The first kappa shape index (κ1) is 10.4. The molecule has 0 bridgehead atoms. The standard InChI is InChI=1S/C9H8Cl2O2/c1-2-13-9(12)6-3-4-7(10)8(11)5-6/h3-5H,2H2,1H3. The molecule has 0 aliphatic rings. The van der Waals surface area contributed by atoms with Gasteiger partial charge in [0.2, 0.25) is 0 Å². The third kappa shape index (κ3) is 2.61. The Balaban J connectivity index is 2.90. The molecule has 0 aliphatic heterocycles. The predicted octanol–water partition coefficient (Wildman–Crippen LogP) is 3.17. The van der Waals surface area contributed by atoms with Gasteiger partial charge in [-0.2, -0.15) is 0 Å². The van der Waals surface area contributed by atoms with Crippen molar-refractivity contribution in [2.45, 2.75) is 6.92 Å². The average molecular weight is 219 g/mol. The van der Waals surface area contributed by atoms with Gasteiger partial charge >= 0.3 is 5.97 Å². The van der Waals surface area contributed by atoms with Gasteiger partial charge in [0.25, 0.3) is 0 Å². The average Bonchev–Trinajstić information content (AvgIpc) is 2.10. The van der Waals surface area contributed by atoms with Crippen molar-refractivity contribution in [1.29, 1.82) is 0 Å². The van der Waals surface area contributed by atoms with E-state index in [1.165, 1.54) is 6.07 Å². The van der Waals surface area contributed by atoms with E-state index in [4.69, 9.17) is 27.9 Å². The van der Waals surface area contributed by atoms with Crippen LogP contribution in [0.25, 0.3) is 0 Å². The van der Waals surface area contributed by atoms with E-state index in [0.717, 1.165) is 0 Å². The van der Waals surface area contributed by atoms with Gasteiger partial charge in [-0.25, -0.2) is 4.79 Å². The molecule has 0 saturated heterocycles. The summed E-state index contributed by atoms with van der Waals surface area (Å²) in [6.45, 7) is 2.09. The highest BCUT2D eigenvalue weighted by atomic mass is 35.5. The van der Waals surface area contributed by atoms with Crippen molar-refractivity contribution >= 4 is 29.2 Å². The number of carbonyl (C=O) groups excluding carboxylic acids is 1. The maximum atomic E-state index is 11.2. The highest BCUT2D eigenvalue weighted by Crippen LogP contribution is 2.22.